The number of amides is 1. The van der Waals surface area contributed by atoms with Gasteiger partial charge < -0.3 is 5.11 Å². The van der Waals surface area contributed by atoms with Crippen LogP contribution in [0.2, 0.25) is 0 Å². The first-order valence-electron chi connectivity index (χ1n) is 13.4. The molecule has 0 aromatic carbocycles. The third-order valence-corrected chi connectivity index (χ3v) is 11.8. The van der Waals surface area contributed by atoms with Crippen LogP contribution in [0.25, 0.3) is 0 Å². The van der Waals surface area contributed by atoms with Crippen molar-refractivity contribution in [3.8, 4) is 0 Å². The third kappa shape index (κ3) is 2.91. The molecule has 35 heavy (non-hydrogen) atoms. The number of aliphatic hydroxyl groups excluding tert-OH is 1. The zero-order valence-electron chi connectivity index (χ0n) is 22.2. The maximum Gasteiger partial charge on any atom is 0.249 e. The van der Waals surface area contributed by atoms with E-state index < -0.39 is 5.41 Å². The SMILES string of the molecule is CC[C@@]12CC[C@@]3(C)C4=CC(=O)C(O)=C(C)C4=CC=C3[C@@]1(C)CC[C@@]1(C)CC[C@@](C)(C(=O)NO)C[C@H]12. The Kier molecular flexibility index (Phi) is 5.22. The number of ketones is 1. The highest BCUT2D eigenvalue weighted by Crippen LogP contribution is 2.76. The van der Waals surface area contributed by atoms with E-state index in [9.17, 15) is 19.9 Å². The first-order valence-corrected chi connectivity index (χ1v) is 13.4. The van der Waals surface area contributed by atoms with Crippen molar-refractivity contribution >= 4 is 11.7 Å². The molecule has 0 radical (unpaired) electrons. The van der Waals surface area contributed by atoms with Crippen LogP contribution in [0.15, 0.2) is 46.3 Å². The zero-order valence-corrected chi connectivity index (χ0v) is 22.2. The van der Waals surface area contributed by atoms with Crippen LogP contribution in [0.1, 0.15) is 92.9 Å². The summed E-state index contributed by atoms with van der Waals surface area (Å²) in [5, 5.41) is 19.8. The lowest BCUT2D eigenvalue weighted by Gasteiger charge is -2.71. The van der Waals surface area contributed by atoms with Crippen molar-refractivity contribution in [2.24, 2.45) is 33.0 Å². The quantitative estimate of drug-likeness (QED) is 0.311. The number of carbonyl (C=O) groups excluding carboxylic acids is 2. The lowest BCUT2D eigenvalue weighted by Crippen LogP contribution is -2.63. The number of allylic oxidation sites excluding steroid dienone is 7. The van der Waals surface area contributed by atoms with Crippen LogP contribution in [0.4, 0.5) is 0 Å². The smallest absolute Gasteiger partial charge is 0.249 e. The zero-order chi connectivity index (χ0) is 25.6. The van der Waals surface area contributed by atoms with Gasteiger partial charge >= 0.3 is 0 Å². The fourth-order valence-electron chi connectivity index (χ4n) is 9.37. The highest BCUT2D eigenvalue weighted by atomic mass is 16.5. The molecule has 0 aromatic rings. The molecule has 0 aromatic heterocycles. The average Bonchev–Trinajstić information content (AvgIpc) is 2.83. The number of hydrogen-bond acceptors (Lipinski definition) is 4. The molecule has 0 aliphatic heterocycles. The van der Waals surface area contributed by atoms with Gasteiger partial charge in [-0.15, -0.1) is 0 Å². The van der Waals surface area contributed by atoms with Crippen molar-refractivity contribution in [2.75, 3.05) is 0 Å². The summed E-state index contributed by atoms with van der Waals surface area (Å²) in [6.45, 7) is 13.4. The summed E-state index contributed by atoms with van der Waals surface area (Å²) >= 11 is 0. The summed E-state index contributed by atoms with van der Waals surface area (Å²) in [4.78, 5) is 25.4. The van der Waals surface area contributed by atoms with Crippen molar-refractivity contribution in [3.05, 3.63) is 46.3 Å². The van der Waals surface area contributed by atoms with Crippen LogP contribution in [0.3, 0.4) is 0 Å². The van der Waals surface area contributed by atoms with Gasteiger partial charge in [-0.05, 0) is 97.7 Å². The molecule has 5 rings (SSSR count). The Balaban J connectivity index is 1.66. The van der Waals surface area contributed by atoms with E-state index in [4.69, 9.17) is 0 Å². The van der Waals surface area contributed by atoms with E-state index in [1.165, 1.54) is 5.57 Å². The third-order valence-electron chi connectivity index (χ3n) is 11.8. The molecule has 5 nitrogen and oxygen atoms in total. The van der Waals surface area contributed by atoms with Crippen LogP contribution in [-0.4, -0.2) is 22.0 Å². The maximum atomic E-state index is 12.8. The molecular formula is C30H41NO4. The predicted molar refractivity (Wildman–Crippen MR) is 135 cm³/mol. The number of nitrogens with one attached hydrogen (secondary N) is 1. The fourth-order valence-corrected chi connectivity index (χ4v) is 9.37. The molecule has 3 saturated carbocycles. The second kappa shape index (κ2) is 7.44. The number of aliphatic hydroxyl groups is 1. The average molecular weight is 480 g/mol. The molecule has 3 fully saturated rings. The van der Waals surface area contributed by atoms with Gasteiger partial charge in [-0.2, -0.15) is 0 Å². The molecule has 5 aliphatic carbocycles. The van der Waals surface area contributed by atoms with E-state index in [1.807, 2.05) is 19.3 Å². The summed E-state index contributed by atoms with van der Waals surface area (Å²) in [5.41, 5.74) is 5.46. The van der Waals surface area contributed by atoms with Crippen molar-refractivity contribution < 1.29 is 19.9 Å². The highest BCUT2D eigenvalue weighted by molar-refractivity contribution is 6.06. The van der Waals surface area contributed by atoms with E-state index in [-0.39, 0.29) is 39.1 Å². The van der Waals surface area contributed by atoms with Crippen LogP contribution in [-0.2, 0) is 9.59 Å². The van der Waals surface area contributed by atoms with E-state index in [0.717, 1.165) is 62.5 Å². The summed E-state index contributed by atoms with van der Waals surface area (Å²) in [5.74, 6) is -0.305. The molecule has 0 saturated heterocycles. The van der Waals surface area contributed by atoms with Gasteiger partial charge in [0.1, 0.15) is 0 Å². The molecular weight excluding hydrogens is 438 g/mol. The Hall–Kier alpha value is -2.14. The van der Waals surface area contributed by atoms with Crippen molar-refractivity contribution in [1.82, 2.24) is 5.48 Å². The van der Waals surface area contributed by atoms with Crippen molar-refractivity contribution in [2.45, 2.75) is 92.9 Å². The number of fused-ring (bicyclic) bond motifs is 7. The maximum absolute atomic E-state index is 12.8. The molecule has 190 valence electrons. The molecule has 1 amide bonds. The van der Waals surface area contributed by atoms with E-state index >= 15 is 0 Å². The lowest BCUT2D eigenvalue weighted by molar-refractivity contribution is -0.180. The van der Waals surface area contributed by atoms with Crippen LogP contribution < -0.4 is 5.48 Å². The van der Waals surface area contributed by atoms with Crippen molar-refractivity contribution in [1.29, 1.82) is 0 Å². The first kappa shape index (κ1) is 24.5. The van der Waals surface area contributed by atoms with Crippen LogP contribution in [0, 0.1) is 33.0 Å². The van der Waals surface area contributed by atoms with E-state index in [1.54, 1.807) is 6.08 Å². The topological polar surface area (TPSA) is 86.6 Å². The molecule has 0 spiro atoms. The summed E-state index contributed by atoms with van der Waals surface area (Å²) < 4.78 is 0. The van der Waals surface area contributed by atoms with Crippen molar-refractivity contribution in [3.63, 3.8) is 0 Å². The van der Waals surface area contributed by atoms with Gasteiger partial charge in [-0.3, -0.25) is 14.8 Å². The molecule has 5 aliphatic rings. The largest absolute Gasteiger partial charge is 0.504 e. The van der Waals surface area contributed by atoms with Gasteiger partial charge in [0, 0.05) is 16.4 Å². The van der Waals surface area contributed by atoms with E-state index in [0.29, 0.717) is 11.5 Å². The van der Waals surface area contributed by atoms with E-state index in [2.05, 4.69) is 39.8 Å². The van der Waals surface area contributed by atoms with Gasteiger partial charge in [-0.25, -0.2) is 5.48 Å². The molecule has 0 bridgehead atoms. The minimum absolute atomic E-state index is 0.0420. The minimum atomic E-state index is -0.564. The normalized spacial score (nSPS) is 44.7. The van der Waals surface area contributed by atoms with Gasteiger partial charge in [0.2, 0.25) is 11.7 Å². The highest BCUT2D eigenvalue weighted by Gasteiger charge is 2.68. The van der Waals surface area contributed by atoms with Gasteiger partial charge in [-0.1, -0.05) is 52.3 Å². The Morgan fingerprint density at radius 1 is 1.06 bits per heavy atom. The van der Waals surface area contributed by atoms with Gasteiger partial charge in [0.25, 0.3) is 0 Å². The molecule has 6 atom stereocenters. The predicted octanol–water partition coefficient (Wildman–Crippen LogP) is 6.51. The summed E-state index contributed by atoms with van der Waals surface area (Å²) in [6, 6.07) is 0. The van der Waals surface area contributed by atoms with Gasteiger partial charge in [0.15, 0.2) is 5.76 Å². The second-order valence-corrected chi connectivity index (χ2v) is 13.1. The molecule has 5 heteroatoms. The Labute approximate surface area is 209 Å². The monoisotopic (exact) mass is 479 g/mol. The van der Waals surface area contributed by atoms with Crippen LogP contribution >= 0.6 is 0 Å². The standard InChI is InChI=1S/C30H41NO4/c1-7-30-15-13-28(5)20-16-21(32)24(33)18(2)19(20)8-9-22(28)29(30,6)14-12-26(3)10-11-27(4,17-23(26)30)25(34)31-35/h8-9,16,23,33,35H,7,10-15,17H2,1-6H3,(H,31,34)/t23-,26-,27-,28+,29-,30+/m1/s1. The summed E-state index contributed by atoms with van der Waals surface area (Å²) in [6.07, 6.45) is 14.0. The Morgan fingerprint density at radius 3 is 2.40 bits per heavy atom. The summed E-state index contributed by atoms with van der Waals surface area (Å²) in [7, 11) is 0. The molecule has 3 N–H and O–H groups in total. The van der Waals surface area contributed by atoms with Crippen LogP contribution in [0.5, 0.6) is 0 Å². The number of carbonyl (C=O) groups is 2. The molecule has 0 unspecified atom stereocenters. The van der Waals surface area contributed by atoms with Gasteiger partial charge in [0.05, 0.1) is 0 Å². The number of hydrogen-bond donors (Lipinski definition) is 3. The lowest BCUT2D eigenvalue weighted by atomic mass is 9.33. The number of rotatable bonds is 2. The Bertz CT molecular complexity index is 1140. The minimum Gasteiger partial charge on any atom is -0.504 e. The second-order valence-electron chi connectivity index (χ2n) is 13.1. The Morgan fingerprint density at radius 2 is 1.74 bits per heavy atom. The number of hydroxylamine groups is 1. The fraction of sp³-hybridized carbons (Fsp3) is 0.667. The first-order chi connectivity index (χ1) is 16.3. The molecule has 0 heterocycles.